The van der Waals surface area contributed by atoms with E-state index in [-0.39, 0.29) is 0 Å². The zero-order valence-corrected chi connectivity index (χ0v) is 18.5. The molecule has 0 amide bonds. The van der Waals surface area contributed by atoms with E-state index in [1.165, 1.54) is 7.11 Å². The molecule has 1 aliphatic heterocycles. The minimum absolute atomic E-state index is 0.441. The van der Waals surface area contributed by atoms with Gasteiger partial charge in [-0.05, 0) is 48.2 Å². The summed E-state index contributed by atoms with van der Waals surface area (Å²) in [6.07, 6.45) is -5.38. The molecule has 1 unspecified atom stereocenters. The van der Waals surface area contributed by atoms with Crippen molar-refractivity contribution in [1.82, 2.24) is 0 Å². The van der Waals surface area contributed by atoms with Crippen LogP contribution in [0.1, 0.15) is 29.7 Å². The van der Waals surface area contributed by atoms with Crippen molar-refractivity contribution in [2.75, 3.05) is 20.8 Å². The van der Waals surface area contributed by atoms with Crippen molar-refractivity contribution in [2.24, 2.45) is 4.99 Å². The van der Waals surface area contributed by atoms with E-state index in [4.69, 9.17) is 25.8 Å². The second-order valence-corrected chi connectivity index (χ2v) is 7.96. The van der Waals surface area contributed by atoms with Gasteiger partial charge in [-0.3, -0.25) is 4.99 Å². The lowest BCUT2D eigenvalue weighted by Gasteiger charge is -2.40. The van der Waals surface area contributed by atoms with E-state index in [0.717, 1.165) is 22.6 Å². The van der Waals surface area contributed by atoms with Gasteiger partial charge < -0.3 is 29.5 Å². The smallest absolute Gasteiger partial charge is 0.186 e. The number of ether oxygens (including phenoxy) is 3. The summed E-state index contributed by atoms with van der Waals surface area (Å²) in [5.41, 5.74) is 3.41. The summed E-state index contributed by atoms with van der Waals surface area (Å²) in [5.74, 6) is 0.753. The summed E-state index contributed by atoms with van der Waals surface area (Å²) in [7, 11) is 3.10. The predicted molar refractivity (Wildman–Crippen MR) is 118 cm³/mol. The van der Waals surface area contributed by atoms with Gasteiger partial charge in [-0.15, -0.1) is 0 Å². The fourth-order valence-electron chi connectivity index (χ4n) is 3.40. The zero-order valence-electron chi connectivity index (χ0n) is 17.7. The summed E-state index contributed by atoms with van der Waals surface area (Å²) < 4.78 is 16.4. The molecule has 0 bridgehead atoms. The Morgan fingerprint density at radius 3 is 2.42 bits per heavy atom. The Kier molecular flexibility index (Phi) is 8.05. The zero-order chi connectivity index (χ0) is 22.5. The standard InChI is InChI=1S/C23H28ClNO6/c1-13(25-2)12-30-17-7-4-14(5-8-17)10-16-11-15(6-9-18(16)24)22-20(27)19(26)21(28)23(29-3)31-22/h4-9,11,19-23,26-28H,10,12H2,1-3H3/t19-,20-,21+,22?,23+/m1/s1. The average Bonchev–Trinajstić information content (AvgIpc) is 2.78. The van der Waals surface area contributed by atoms with Crippen LogP contribution < -0.4 is 4.74 Å². The molecular weight excluding hydrogens is 422 g/mol. The van der Waals surface area contributed by atoms with Gasteiger partial charge in [0.1, 0.15) is 36.8 Å². The number of hydrogen-bond donors (Lipinski definition) is 3. The van der Waals surface area contributed by atoms with E-state index in [1.54, 1.807) is 19.2 Å². The lowest BCUT2D eigenvalue weighted by atomic mass is 9.92. The molecule has 168 valence electrons. The Hall–Kier alpha value is -2.00. The minimum Gasteiger partial charge on any atom is -0.488 e. The van der Waals surface area contributed by atoms with Crippen LogP contribution in [-0.4, -0.2) is 66.4 Å². The SMILES string of the molecule is CN=C(C)COc1ccc(Cc2cc(C3O[C@H](OC)[C@@H](O)[C@H](O)[C@H]3O)ccc2Cl)cc1. The number of hydrogen-bond acceptors (Lipinski definition) is 7. The van der Waals surface area contributed by atoms with Crippen LogP contribution in [0.25, 0.3) is 0 Å². The van der Waals surface area contributed by atoms with Crippen molar-refractivity contribution in [3.63, 3.8) is 0 Å². The predicted octanol–water partition coefficient (Wildman–Crippen LogP) is 2.53. The quantitative estimate of drug-likeness (QED) is 0.561. The lowest BCUT2D eigenvalue weighted by Crippen LogP contribution is -2.54. The van der Waals surface area contributed by atoms with Gasteiger partial charge in [0.2, 0.25) is 0 Å². The molecule has 3 N–H and O–H groups in total. The van der Waals surface area contributed by atoms with Crippen LogP contribution in [0.4, 0.5) is 0 Å². The molecule has 2 aromatic rings. The largest absolute Gasteiger partial charge is 0.488 e. The number of aliphatic hydroxyl groups excluding tert-OH is 3. The molecule has 8 heteroatoms. The van der Waals surface area contributed by atoms with Gasteiger partial charge in [0.05, 0.1) is 0 Å². The number of benzene rings is 2. The van der Waals surface area contributed by atoms with Crippen LogP contribution in [0.3, 0.4) is 0 Å². The van der Waals surface area contributed by atoms with Crippen LogP contribution in [0.2, 0.25) is 5.02 Å². The molecule has 5 atom stereocenters. The van der Waals surface area contributed by atoms with E-state index in [9.17, 15) is 15.3 Å². The van der Waals surface area contributed by atoms with Crippen LogP contribution in [-0.2, 0) is 15.9 Å². The summed E-state index contributed by atoms with van der Waals surface area (Å²) in [5, 5.41) is 31.1. The Labute approximate surface area is 186 Å². The van der Waals surface area contributed by atoms with Gasteiger partial charge >= 0.3 is 0 Å². The normalized spacial score (nSPS) is 26.7. The van der Waals surface area contributed by atoms with Crippen molar-refractivity contribution >= 4 is 17.3 Å². The van der Waals surface area contributed by atoms with E-state index in [1.807, 2.05) is 37.3 Å². The van der Waals surface area contributed by atoms with Crippen molar-refractivity contribution in [2.45, 2.75) is 44.1 Å². The number of nitrogens with zero attached hydrogens (tertiary/aromatic N) is 1. The molecule has 1 aliphatic rings. The van der Waals surface area contributed by atoms with Crippen molar-refractivity contribution < 1.29 is 29.5 Å². The van der Waals surface area contributed by atoms with Gasteiger partial charge in [-0.2, -0.15) is 0 Å². The summed E-state index contributed by atoms with van der Waals surface area (Å²) in [4.78, 5) is 4.07. The maximum Gasteiger partial charge on any atom is 0.186 e. The Morgan fingerprint density at radius 2 is 1.77 bits per heavy atom. The fourth-order valence-corrected chi connectivity index (χ4v) is 3.59. The minimum atomic E-state index is -1.39. The number of aliphatic imine (C=N–C) groups is 1. The van der Waals surface area contributed by atoms with Crippen LogP contribution >= 0.6 is 11.6 Å². The average molecular weight is 450 g/mol. The first-order valence-corrected chi connectivity index (χ1v) is 10.4. The van der Waals surface area contributed by atoms with E-state index in [2.05, 4.69) is 4.99 Å². The first kappa shape index (κ1) is 23.7. The topological polar surface area (TPSA) is 101 Å². The summed E-state index contributed by atoms with van der Waals surface area (Å²) in [6, 6.07) is 13.0. The van der Waals surface area contributed by atoms with Crippen LogP contribution in [0.15, 0.2) is 47.5 Å². The van der Waals surface area contributed by atoms with Gasteiger partial charge in [0, 0.05) is 24.9 Å². The highest BCUT2D eigenvalue weighted by atomic mass is 35.5. The summed E-state index contributed by atoms with van der Waals surface area (Å²) in [6.45, 7) is 2.35. The summed E-state index contributed by atoms with van der Waals surface area (Å²) >= 11 is 6.41. The number of rotatable bonds is 7. The molecule has 2 aromatic carbocycles. The molecule has 0 aromatic heterocycles. The first-order chi connectivity index (χ1) is 14.8. The second-order valence-electron chi connectivity index (χ2n) is 7.55. The molecule has 31 heavy (non-hydrogen) atoms. The van der Waals surface area contributed by atoms with E-state index in [0.29, 0.717) is 23.6 Å². The highest BCUT2D eigenvalue weighted by Gasteiger charge is 2.44. The third-order valence-corrected chi connectivity index (χ3v) is 5.72. The molecule has 1 heterocycles. The lowest BCUT2D eigenvalue weighted by molar-refractivity contribution is -0.292. The third-order valence-electron chi connectivity index (χ3n) is 5.35. The number of halogens is 1. The maximum absolute atomic E-state index is 10.4. The third kappa shape index (κ3) is 5.63. The molecule has 7 nitrogen and oxygen atoms in total. The molecule has 0 radical (unpaired) electrons. The first-order valence-electron chi connectivity index (χ1n) is 9.98. The Bertz CT molecular complexity index is 901. The van der Waals surface area contributed by atoms with Crippen LogP contribution in [0, 0.1) is 0 Å². The fraction of sp³-hybridized carbons (Fsp3) is 0.435. The van der Waals surface area contributed by atoms with Gasteiger partial charge in [-0.1, -0.05) is 35.9 Å². The number of methoxy groups -OCH3 is 1. The van der Waals surface area contributed by atoms with Gasteiger partial charge in [0.15, 0.2) is 6.29 Å². The number of aliphatic hydroxyl groups is 3. The van der Waals surface area contributed by atoms with Crippen molar-refractivity contribution in [3.05, 3.63) is 64.2 Å². The Balaban J connectivity index is 1.75. The maximum atomic E-state index is 10.4. The van der Waals surface area contributed by atoms with Crippen molar-refractivity contribution in [1.29, 1.82) is 0 Å². The molecule has 3 rings (SSSR count). The monoisotopic (exact) mass is 449 g/mol. The van der Waals surface area contributed by atoms with Crippen LogP contribution in [0.5, 0.6) is 5.75 Å². The molecule has 1 saturated heterocycles. The Morgan fingerprint density at radius 1 is 1.06 bits per heavy atom. The van der Waals surface area contributed by atoms with Crippen molar-refractivity contribution in [3.8, 4) is 5.75 Å². The molecule has 1 fully saturated rings. The molecule has 0 saturated carbocycles. The van der Waals surface area contributed by atoms with Gasteiger partial charge in [-0.25, -0.2) is 0 Å². The molecule has 0 spiro atoms. The van der Waals surface area contributed by atoms with E-state index < -0.39 is 30.7 Å². The highest BCUT2D eigenvalue weighted by Crippen LogP contribution is 2.34. The molecule has 0 aliphatic carbocycles. The van der Waals surface area contributed by atoms with E-state index >= 15 is 0 Å². The second kappa shape index (κ2) is 10.5. The highest BCUT2D eigenvalue weighted by molar-refractivity contribution is 6.31. The molecular formula is C23H28ClNO6. The van der Waals surface area contributed by atoms with Gasteiger partial charge in [0.25, 0.3) is 0 Å².